The van der Waals surface area contributed by atoms with Gasteiger partial charge in [-0.15, -0.1) is 0 Å². The van der Waals surface area contributed by atoms with Gasteiger partial charge in [0.1, 0.15) is 48.4 Å². The van der Waals surface area contributed by atoms with Gasteiger partial charge in [0.15, 0.2) is 6.23 Å². The second kappa shape index (κ2) is 8.70. The summed E-state index contributed by atoms with van der Waals surface area (Å²) in [5, 5.41) is 1.59. The number of alkyl halides is 1. The Bertz CT molecular complexity index is 1580. The van der Waals surface area contributed by atoms with E-state index in [2.05, 4.69) is 25.9 Å². The Balaban J connectivity index is 1.10. The van der Waals surface area contributed by atoms with Crippen molar-refractivity contribution in [3.05, 3.63) is 55.3 Å². The lowest BCUT2D eigenvalue weighted by Crippen LogP contribution is -2.37. The second-order valence-electron chi connectivity index (χ2n) is 9.32. The largest absolute Gasteiger partial charge is 0.491 e. The third kappa shape index (κ3) is 3.82. The van der Waals surface area contributed by atoms with Crippen molar-refractivity contribution < 1.29 is 18.3 Å². The van der Waals surface area contributed by atoms with Crippen LogP contribution in [-0.4, -0.2) is 56.5 Å². The molecule has 2 aliphatic heterocycles. The molecule has 2 saturated heterocycles. The summed E-state index contributed by atoms with van der Waals surface area (Å²) in [5.41, 5.74) is 8.03. The van der Waals surface area contributed by atoms with Gasteiger partial charge < -0.3 is 29.1 Å². The SMILES string of the molecule is Nc1ncnc2c1c(-c1ncco1)cn2C1OC(COc2ccc3ccc(N4CCC4)nc3c2)CC1F. The number of nitrogens with two attached hydrogens (primary N) is 1. The lowest BCUT2D eigenvalue weighted by Gasteiger charge is -2.32. The fraction of sp³-hybridized carbons (Fsp3) is 0.308. The molecule has 0 amide bonds. The Morgan fingerprint density at radius 1 is 1.14 bits per heavy atom. The van der Waals surface area contributed by atoms with Crippen LogP contribution in [0, 0.1) is 0 Å². The maximum Gasteiger partial charge on any atom is 0.228 e. The molecule has 5 aromatic rings. The number of aromatic nitrogens is 5. The Hall–Kier alpha value is -4.25. The lowest BCUT2D eigenvalue weighted by atomic mass is 10.2. The molecule has 0 spiro atoms. The topological polar surface area (TPSA) is 117 Å². The molecule has 0 aliphatic carbocycles. The number of hydrogen-bond acceptors (Lipinski definition) is 9. The highest BCUT2D eigenvalue weighted by atomic mass is 19.1. The molecule has 0 saturated carbocycles. The molecule has 6 heterocycles. The van der Waals surface area contributed by atoms with Crippen LogP contribution in [0.3, 0.4) is 0 Å². The molecule has 0 bridgehead atoms. The monoisotopic (exact) mass is 501 g/mol. The molecule has 2 aliphatic rings. The zero-order valence-electron chi connectivity index (χ0n) is 19.8. The molecule has 11 heteroatoms. The van der Waals surface area contributed by atoms with Gasteiger partial charge in [-0.3, -0.25) is 0 Å². The lowest BCUT2D eigenvalue weighted by molar-refractivity contribution is -0.0309. The van der Waals surface area contributed by atoms with Gasteiger partial charge in [0.05, 0.1) is 28.8 Å². The molecule has 0 radical (unpaired) electrons. The molecule has 3 unspecified atom stereocenters. The quantitative estimate of drug-likeness (QED) is 0.366. The number of ether oxygens (including phenoxy) is 2. The standard InChI is InChI=1S/C26H24FN7O3/c27-19-10-17(13-36-16-4-2-15-3-5-21(32-20(15)11-16)33-7-1-8-33)37-26(19)34-12-18(25-29-6-9-35-25)22-23(28)30-14-31-24(22)34/h2-6,9,11-12,14,17,19,26H,1,7-8,10,13H2,(H2,28,30,31). The molecule has 1 aromatic carbocycles. The van der Waals surface area contributed by atoms with Crippen molar-refractivity contribution in [2.45, 2.75) is 31.3 Å². The van der Waals surface area contributed by atoms with Gasteiger partial charge in [0, 0.05) is 37.2 Å². The minimum Gasteiger partial charge on any atom is -0.491 e. The van der Waals surface area contributed by atoms with E-state index >= 15 is 4.39 Å². The van der Waals surface area contributed by atoms with E-state index in [1.54, 1.807) is 10.8 Å². The number of nitrogens with zero attached hydrogens (tertiary/aromatic N) is 6. The van der Waals surface area contributed by atoms with Gasteiger partial charge in [-0.1, -0.05) is 0 Å². The molecule has 2 fully saturated rings. The minimum atomic E-state index is -1.27. The van der Waals surface area contributed by atoms with Crippen LogP contribution < -0.4 is 15.4 Å². The summed E-state index contributed by atoms with van der Waals surface area (Å²) < 4.78 is 34.5. The van der Waals surface area contributed by atoms with Crippen molar-refractivity contribution in [1.29, 1.82) is 0 Å². The molecule has 10 nitrogen and oxygen atoms in total. The van der Waals surface area contributed by atoms with Gasteiger partial charge in [0.25, 0.3) is 0 Å². The molecule has 37 heavy (non-hydrogen) atoms. The van der Waals surface area contributed by atoms with Gasteiger partial charge >= 0.3 is 0 Å². The zero-order valence-corrected chi connectivity index (χ0v) is 19.8. The van der Waals surface area contributed by atoms with E-state index in [0.29, 0.717) is 28.2 Å². The van der Waals surface area contributed by atoms with E-state index in [1.807, 2.05) is 24.3 Å². The first-order valence-corrected chi connectivity index (χ1v) is 12.2. The van der Waals surface area contributed by atoms with Crippen LogP contribution in [0.4, 0.5) is 16.0 Å². The third-order valence-corrected chi connectivity index (χ3v) is 6.97. The number of oxazole rings is 1. The van der Waals surface area contributed by atoms with Crippen LogP contribution in [0.25, 0.3) is 33.4 Å². The Morgan fingerprint density at radius 2 is 2.03 bits per heavy atom. The summed E-state index contributed by atoms with van der Waals surface area (Å²) in [5.74, 6) is 2.25. The maximum absolute atomic E-state index is 15.3. The number of nitrogen functional groups attached to an aromatic ring is 1. The van der Waals surface area contributed by atoms with Crippen molar-refractivity contribution in [2.24, 2.45) is 0 Å². The number of rotatable bonds is 6. The second-order valence-corrected chi connectivity index (χ2v) is 9.32. The summed E-state index contributed by atoms with van der Waals surface area (Å²) in [6.07, 6.45) is 4.81. The first-order chi connectivity index (χ1) is 18.1. The van der Waals surface area contributed by atoms with Gasteiger partial charge in [-0.25, -0.2) is 24.3 Å². The van der Waals surface area contributed by atoms with Crippen LogP contribution in [0.1, 0.15) is 19.1 Å². The predicted molar refractivity (Wildman–Crippen MR) is 135 cm³/mol. The van der Waals surface area contributed by atoms with E-state index in [9.17, 15) is 0 Å². The fourth-order valence-electron chi connectivity index (χ4n) is 4.96. The van der Waals surface area contributed by atoms with Crippen molar-refractivity contribution in [1.82, 2.24) is 24.5 Å². The molecular formula is C26H24FN7O3. The normalized spacial score (nSPS) is 21.5. The Morgan fingerprint density at radius 3 is 2.84 bits per heavy atom. The number of anilines is 2. The summed E-state index contributed by atoms with van der Waals surface area (Å²) in [6.45, 7) is 2.28. The van der Waals surface area contributed by atoms with E-state index in [-0.39, 0.29) is 18.8 Å². The van der Waals surface area contributed by atoms with Crippen LogP contribution in [0.5, 0.6) is 5.75 Å². The number of fused-ring (bicyclic) bond motifs is 2. The summed E-state index contributed by atoms with van der Waals surface area (Å²) >= 11 is 0. The molecule has 188 valence electrons. The van der Waals surface area contributed by atoms with E-state index < -0.39 is 18.5 Å². The molecule has 2 N–H and O–H groups in total. The molecule has 7 rings (SSSR count). The average Bonchev–Trinajstić information content (AvgIpc) is 3.60. The number of hydrogen-bond donors (Lipinski definition) is 1. The zero-order chi connectivity index (χ0) is 24.9. The van der Waals surface area contributed by atoms with E-state index in [1.165, 1.54) is 25.2 Å². The van der Waals surface area contributed by atoms with Gasteiger partial charge in [0.2, 0.25) is 5.89 Å². The number of halogens is 1. The molecular weight excluding hydrogens is 477 g/mol. The minimum absolute atomic E-state index is 0.185. The number of pyridine rings is 1. The first-order valence-electron chi connectivity index (χ1n) is 12.2. The molecule has 3 atom stereocenters. The van der Waals surface area contributed by atoms with E-state index in [0.717, 1.165) is 29.8 Å². The highest BCUT2D eigenvalue weighted by Gasteiger charge is 2.38. The van der Waals surface area contributed by atoms with E-state index in [4.69, 9.17) is 24.6 Å². The van der Waals surface area contributed by atoms with Crippen molar-refractivity contribution in [2.75, 3.05) is 30.3 Å². The Labute approximate surface area is 210 Å². The van der Waals surface area contributed by atoms with Crippen molar-refractivity contribution in [3.8, 4) is 17.2 Å². The highest BCUT2D eigenvalue weighted by Crippen LogP contribution is 2.39. The highest BCUT2D eigenvalue weighted by molar-refractivity contribution is 5.99. The van der Waals surface area contributed by atoms with Gasteiger partial charge in [-0.05, 0) is 30.7 Å². The van der Waals surface area contributed by atoms with Crippen LogP contribution in [-0.2, 0) is 4.74 Å². The van der Waals surface area contributed by atoms with Crippen molar-refractivity contribution >= 4 is 33.6 Å². The summed E-state index contributed by atoms with van der Waals surface area (Å²) in [7, 11) is 0. The summed E-state index contributed by atoms with van der Waals surface area (Å²) in [4.78, 5) is 19.7. The Kier molecular flexibility index (Phi) is 5.17. The summed E-state index contributed by atoms with van der Waals surface area (Å²) in [6, 6.07) is 9.91. The van der Waals surface area contributed by atoms with Gasteiger partial charge in [-0.2, -0.15) is 0 Å². The fourth-order valence-corrected chi connectivity index (χ4v) is 4.96. The van der Waals surface area contributed by atoms with Crippen molar-refractivity contribution in [3.63, 3.8) is 0 Å². The predicted octanol–water partition coefficient (Wildman–Crippen LogP) is 4.13. The van der Waals surface area contributed by atoms with Crippen LogP contribution in [0.2, 0.25) is 0 Å². The number of benzene rings is 1. The smallest absolute Gasteiger partial charge is 0.228 e. The first kappa shape index (κ1) is 22.0. The van der Waals surface area contributed by atoms with Crippen LogP contribution in [0.15, 0.2) is 59.7 Å². The average molecular weight is 502 g/mol. The third-order valence-electron chi connectivity index (χ3n) is 6.97. The maximum atomic E-state index is 15.3. The molecule has 4 aromatic heterocycles. The van der Waals surface area contributed by atoms with Crippen LogP contribution >= 0.6 is 0 Å².